The number of hydrogen-bond donors (Lipinski definition) is 1. The molecule has 0 spiro atoms. The van der Waals surface area contributed by atoms with Crippen LogP contribution in [0.5, 0.6) is 0 Å². The van der Waals surface area contributed by atoms with E-state index in [0.29, 0.717) is 18.6 Å². The van der Waals surface area contributed by atoms with Crippen molar-refractivity contribution in [2.24, 2.45) is 11.7 Å². The largest absolute Gasteiger partial charge is 0.378 e. The van der Waals surface area contributed by atoms with Crippen molar-refractivity contribution in [2.45, 2.75) is 44.9 Å². The van der Waals surface area contributed by atoms with E-state index in [2.05, 4.69) is 36.8 Å². The average Bonchev–Trinajstić information content (AvgIpc) is 2.48. The van der Waals surface area contributed by atoms with Crippen LogP contribution in [-0.4, -0.2) is 41.7 Å². The Hall–Kier alpha value is -0.970. The van der Waals surface area contributed by atoms with Crippen LogP contribution in [0, 0.1) is 5.92 Å². The van der Waals surface area contributed by atoms with Gasteiger partial charge < -0.3 is 10.5 Å². The summed E-state index contributed by atoms with van der Waals surface area (Å²) < 4.78 is 5.90. The van der Waals surface area contributed by atoms with Crippen molar-refractivity contribution in [3.05, 3.63) is 30.1 Å². The summed E-state index contributed by atoms with van der Waals surface area (Å²) in [5.74, 6) is 0.532. The minimum Gasteiger partial charge on any atom is -0.378 e. The summed E-state index contributed by atoms with van der Waals surface area (Å²) in [5, 5.41) is 0. The fourth-order valence-electron chi connectivity index (χ4n) is 2.95. The van der Waals surface area contributed by atoms with Crippen LogP contribution in [-0.2, 0) is 11.3 Å². The lowest BCUT2D eigenvalue weighted by molar-refractivity contribution is -0.0836. The fraction of sp³-hybridized carbons (Fsp3) is 0.688. The quantitative estimate of drug-likeness (QED) is 0.895. The van der Waals surface area contributed by atoms with Gasteiger partial charge in [0.15, 0.2) is 0 Å². The van der Waals surface area contributed by atoms with Crippen molar-refractivity contribution in [1.29, 1.82) is 0 Å². The van der Waals surface area contributed by atoms with Gasteiger partial charge in [-0.05, 0) is 37.9 Å². The van der Waals surface area contributed by atoms with Crippen molar-refractivity contribution < 1.29 is 4.74 Å². The Labute approximate surface area is 122 Å². The zero-order valence-corrected chi connectivity index (χ0v) is 12.9. The number of nitrogens with two attached hydrogens (primary N) is 1. The van der Waals surface area contributed by atoms with Gasteiger partial charge in [-0.2, -0.15) is 0 Å². The Balaban J connectivity index is 2.09. The zero-order chi connectivity index (χ0) is 14.6. The van der Waals surface area contributed by atoms with Crippen molar-refractivity contribution in [3.8, 4) is 0 Å². The van der Waals surface area contributed by atoms with Crippen molar-refractivity contribution in [1.82, 2.24) is 9.88 Å². The third kappa shape index (κ3) is 3.37. The first-order valence-corrected chi connectivity index (χ1v) is 7.50. The first-order chi connectivity index (χ1) is 9.57. The first-order valence-electron chi connectivity index (χ1n) is 7.50. The number of likely N-dealkylation sites (N-methyl/N-ethyl adjacent to an activating group) is 1. The number of hydrogen-bond acceptors (Lipinski definition) is 4. The van der Waals surface area contributed by atoms with Gasteiger partial charge in [-0.1, -0.05) is 19.9 Å². The second kappa shape index (κ2) is 6.66. The molecule has 0 saturated carbocycles. The molecule has 1 saturated heterocycles. The maximum absolute atomic E-state index is 6.14. The molecule has 2 N–H and O–H groups in total. The lowest BCUT2D eigenvalue weighted by atomic mass is 9.82. The highest BCUT2D eigenvalue weighted by molar-refractivity contribution is 5.05. The van der Waals surface area contributed by atoms with Crippen LogP contribution < -0.4 is 5.73 Å². The van der Waals surface area contributed by atoms with Gasteiger partial charge in [0.2, 0.25) is 0 Å². The Bertz CT molecular complexity index is 409. The highest BCUT2D eigenvalue weighted by Crippen LogP contribution is 2.32. The van der Waals surface area contributed by atoms with E-state index in [0.717, 1.165) is 31.7 Å². The second-order valence-electron chi connectivity index (χ2n) is 6.21. The van der Waals surface area contributed by atoms with E-state index in [-0.39, 0.29) is 5.54 Å². The smallest absolute Gasteiger partial charge is 0.0616 e. The molecule has 2 unspecified atom stereocenters. The fourth-order valence-corrected chi connectivity index (χ4v) is 2.95. The molecule has 0 aliphatic carbocycles. The molecule has 2 rings (SSSR count). The molecule has 0 bridgehead atoms. The third-order valence-corrected chi connectivity index (χ3v) is 4.54. The second-order valence-corrected chi connectivity index (χ2v) is 6.21. The Kier molecular flexibility index (Phi) is 5.13. The van der Waals surface area contributed by atoms with E-state index in [1.807, 2.05) is 18.3 Å². The van der Waals surface area contributed by atoms with Crippen LogP contribution in [0.3, 0.4) is 0 Å². The van der Waals surface area contributed by atoms with Gasteiger partial charge in [0, 0.05) is 31.4 Å². The van der Waals surface area contributed by atoms with Gasteiger partial charge in [-0.25, -0.2) is 0 Å². The minimum atomic E-state index is 0.0324. The van der Waals surface area contributed by atoms with E-state index >= 15 is 0 Å². The molecule has 0 radical (unpaired) electrons. The molecule has 4 heteroatoms. The van der Waals surface area contributed by atoms with E-state index in [4.69, 9.17) is 10.5 Å². The molecule has 1 aliphatic rings. The molecular weight excluding hydrogens is 250 g/mol. The summed E-state index contributed by atoms with van der Waals surface area (Å²) in [6, 6.07) is 6.05. The molecule has 1 aliphatic heterocycles. The van der Waals surface area contributed by atoms with Crippen molar-refractivity contribution >= 4 is 0 Å². The molecule has 0 amide bonds. The van der Waals surface area contributed by atoms with Gasteiger partial charge in [-0.3, -0.25) is 9.88 Å². The summed E-state index contributed by atoms with van der Waals surface area (Å²) >= 11 is 0. The predicted molar refractivity (Wildman–Crippen MR) is 81.3 cm³/mol. The van der Waals surface area contributed by atoms with E-state index in [1.54, 1.807) is 0 Å². The van der Waals surface area contributed by atoms with Crippen molar-refractivity contribution in [2.75, 3.05) is 20.2 Å². The first kappa shape index (κ1) is 15.4. The topological polar surface area (TPSA) is 51.4 Å². The molecule has 20 heavy (non-hydrogen) atoms. The Morgan fingerprint density at radius 1 is 1.50 bits per heavy atom. The Morgan fingerprint density at radius 3 is 2.90 bits per heavy atom. The van der Waals surface area contributed by atoms with Gasteiger partial charge in [0.1, 0.15) is 0 Å². The lowest BCUT2D eigenvalue weighted by Crippen LogP contribution is -2.57. The SMILES string of the molecule is CC(C)C1CC(CN)(N(C)Cc2ccccn2)CCO1. The molecule has 2 heterocycles. The summed E-state index contributed by atoms with van der Waals surface area (Å²) in [6.45, 7) is 6.74. The molecular formula is C16H27N3O. The summed E-state index contributed by atoms with van der Waals surface area (Å²) in [4.78, 5) is 6.79. The molecule has 1 aromatic heterocycles. The van der Waals surface area contributed by atoms with Gasteiger partial charge >= 0.3 is 0 Å². The highest BCUT2D eigenvalue weighted by atomic mass is 16.5. The van der Waals surface area contributed by atoms with E-state index < -0.39 is 0 Å². The molecule has 2 atom stereocenters. The van der Waals surface area contributed by atoms with Crippen LogP contribution in [0.25, 0.3) is 0 Å². The third-order valence-electron chi connectivity index (χ3n) is 4.54. The van der Waals surface area contributed by atoms with Gasteiger partial charge in [0.25, 0.3) is 0 Å². The lowest BCUT2D eigenvalue weighted by Gasteiger charge is -2.47. The van der Waals surface area contributed by atoms with E-state index in [1.165, 1.54) is 0 Å². The summed E-state index contributed by atoms with van der Waals surface area (Å²) in [7, 11) is 2.16. The molecule has 0 aromatic carbocycles. The highest BCUT2D eigenvalue weighted by Gasteiger charge is 2.40. The zero-order valence-electron chi connectivity index (χ0n) is 12.9. The minimum absolute atomic E-state index is 0.0324. The number of rotatable bonds is 5. The van der Waals surface area contributed by atoms with Crippen molar-refractivity contribution in [3.63, 3.8) is 0 Å². The molecule has 4 nitrogen and oxygen atoms in total. The molecule has 112 valence electrons. The summed E-state index contributed by atoms with van der Waals surface area (Å²) in [5.41, 5.74) is 7.26. The van der Waals surface area contributed by atoms with Crippen LogP contribution in [0.4, 0.5) is 0 Å². The maximum Gasteiger partial charge on any atom is 0.0616 e. The van der Waals surface area contributed by atoms with Crippen LogP contribution in [0.1, 0.15) is 32.4 Å². The number of nitrogens with zero attached hydrogens (tertiary/aromatic N) is 2. The number of pyridine rings is 1. The van der Waals surface area contributed by atoms with Crippen LogP contribution >= 0.6 is 0 Å². The predicted octanol–water partition coefficient (Wildman–Crippen LogP) is 2.05. The normalized spacial score (nSPS) is 27.2. The maximum atomic E-state index is 6.14. The standard InChI is InChI=1S/C16H27N3O/c1-13(2)15-10-16(12-17,7-9-20-15)19(3)11-14-6-4-5-8-18-14/h4-6,8,13,15H,7,9-12,17H2,1-3H3. The van der Waals surface area contributed by atoms with E-state index in [9.17, 15) is 0 Å². The molecule has 1 fully saturated rings. The van der Waals surface area contributed by atoms with Crippen LogP contribution in [0.2, 0.25) is 0 Å². The number of aromatic nitrogens is 1. The van der Waals surface area contributed by atoms with Gasteiger partial charge in [0.05, 0.1) is 11.8 Å². The Morgan fingerprint density at radius 2 is 2.30 bits per heavy atom. The van der Waals surface area contributed by atoms with Crippen LogP contribution in [0.15, 0.2) is 24.4 Å². The van der Waals surface area contributed by atoms with Gasteiger partial charge in [-0.15, -0.1) is 0 Å². The monoisotopic (exact) mass is 277 g/mol. The summed E-state index contributed by atoms with van der Waals surface area (Å²) in [6.07, 6.45) is 4.15. The number of ether oxygens (including phenoxy) is 1. The molecule has 1 aromatic rings. The average molecular weight is 277 g/mol.